The van der Waals surface area contributed by atoms with Crippen LogP contribution >= 0.6 is 24.0 Å². The molecule has 1 aliphatic heterocycles. The van der Waals surface area contributed by atoms with Crippen LogP contribution in [0.15, 0.2) is 29.3 Å². The van der Waals surface area contributed by atoms with Crippen LogP contribution in [0.1, 0.15) is 25.3 Å². The Labute approximate surface area is 196 Å². The van der Waals surface area contributed by atoms with Crippen molar-refractivity contribution >= 4 is 29.9 Å². The van der Waals surface area contributed by atoms with Crippen LogP contribution in [0, 0.1) is 5.92 Å². The normalized spacial score (nSPS) is 15.7. The molecule has 1 aromatic carbocycles. The predicted octanol–water partition coefficient (Wildman–Crippen LogP) is 3.66. The number of halogens is 3. The van der Waals surface area contributed by atoms with Crippen molar-refractivity contribution in [2.24, 2.45) is 10.9 Å². The molecule has 2 rings (SSSR count). The van der Waals surface area contributed by atoms with Crippen LogP contribution in [0.25, 0.3) is 0 Å². The van der Waals surface area contributed by atoms with Gasteiger partial charge in [-0.25, -0.2) is 0 Å². The van der Waals surface area contributed by atoms with Crippen molar-refractivity contribution in [3.63, 3.8) is 0 Å². The first-order valence-corrected chi connectivity index (χ1v) is 10.3. The average molecular weight is 540 g/mol. The van der Waals surface area contributed by atoms with Crippen molar-refractivity contribution in [1.29, 1.82) is 0 Å². The number of methoxy groups -OCH3 is 1. The van der Waals surface area contributed by atoms with E-state index in [9.17, 15) is 8.78 Å². The first-order chi connectivity index (χ1) is 14.0. The van der Waals surface area contributed by atoms with Gasteiger partial charge < -0.3 is 24.6 Å². The van der Waals surface area contributed by atoms with Gasteiger partial charge >= 0.3 is 6.61 Å². The molecule has 1 heterocycles. The molecule has 0 saturated carbocycles. The quantitative estimate of drug-likeness (QED) is 0.279. The number of hydrogen-bond donors (Lipinski definition) is 1. The fraction of sp³-hybridized carbons (Fsp3) is 0.667. The third kappa shape index (κ3) is 9.74. The molecule has 0 aromatic heterocycles. The van der Waals surface area contributed by atoms with E-state index in [1.807, 2.05) is 14.0 Å². The first-order valence-electron chi connectivity index (χ1n) is 10.3. The van der Waals surface area contributed by atoms with Gasteiger partial charge in [0, 0.05) is 40.3 Å². The number of likely N-dealkylation sites (tertiary alicyclic amines) is 1. The van der Waals surface area contributed by atoms with Crippen LogP contribution in [0.2, 0.25) is 0 Å². The molecule has 1 saturated heterocycles. The van der Waals surface area contributed by atoms with Gasteiger partial charge in [0.1, 0.15) is 5.75 Å². The van der Waals surface area contributed by atoms with E-state index in [1.165, 1.54) is 0 Å². The molecule has 0 radical (unpaired) electrons. The highest BCUT2D eigenvalue weighted by Crippen LogP contribution is 2.18. The van der Waals surface area contributed by atoms with E-state index in [1.54, 1.807) is 31.4 Å². The second-order valence-corrected chi connectivity index (χ2v) is 7.35. The van der Waals surface area contributed by atoms with Crippen molar-refractivity contribution < 1.29 is 18.3 Å². The number of aliphatic imine (C=N–C) groups is 1. The van der Waals surface area contributed by atoms with Crippen molar-refractivity contribution in [2.75, 3.05) is 53.5 Å². The van der Waals surface area contributed by atoms with Crippen LogP contribution in [-0.4, -0.2) is 75.9 Å². The Balaban J connectivity index is 0.00000450. The summed E-state index contributed by atoms with van der Waals surface area (Å²) in [6, 6.07) is 6.73. The van der Waals surface area contributed by atoms with Crippen LogP contribution in [0.5, 0.6) is 5.75 Å². The Kier molecular flexibility index (Phi) is 13.2. The number of piperidine rings is 1. The average Bonchev–Trinajstić information content (AvgIpc) is 2.71. The maximum Gasteiger partial charge on any atom is 0.387 e. The predicted molar refractivity (Wildman–Crippen MR) is 127 cm³/mol. The molecule has 172 valence electrons. The first kappa shape index (κ1) is 26.8. The summed E-state index contributed by atoms with van der Waals surface area (Å²) in [6.45, 7) is 5.47. The van der Waals surface area contributed by atoms with E-state index in [-0.39, 0.29) is 29.7 Å². The molecule has 0 spiro atoms. The van der Waals surface area contributed by atoms with Crippen molar-refractivity contribution in [3.05, 3.63) is 29.8 Å². The van der Waals surface area contributed by atoms with E-state index >= 15 is 0 Å². The minimum Gasteiger partial charge on any atom is -0.435 e. The summed E-state index contributed by atoms with van der Waals surface area (Å²) in [5, 5.41) is 3.34. The van der Waals surface area contributed by atoms with Crippen LogP contribution in [-0.2, 0) is 11.3 Å². The maximum absolute atomic E-state index is 12.3. The summed E-state index contributed by atoms with van der Waals surface area (Å²) in [7, 11) is 3.73. The molecule has 30 heavy (non-hydrogen) atoms. The summed E-state index contributed by atoms with van der Waals surface area (Å²) in [5.74, 6) is 1.63. The number of guanidine groups is 1. The highest BCUT2D eigenvalue weighted by molar-refractivity contribution is 14.0. The largest absolute Gasteiger partial charge is 0.435 e. The molecular weight excluding hydrogens is 505 g/mol. The lowest BCUT2D eigenvalue weighted by Gasteiger charge is -2.31. The molecule has 1 aromatic rings. The van der Waals surface area contributed by atoms with Gasteiger partial charge in [0.05, 0.1) is 6.61 Å². The Morgan fingerprint density at radius 3 is 2.50 bits per heavy atom. The monoisotopic (exact) mass is 540 g/mol. The summed E-state index contributed by atoms with van der Waals surface area (Å²) in [5.41, 5.74) is 1.01. The molecule has 0 unspecified atom stereocenters. The smallest absolute Gasteiger partial charge is 0.387 e. The van der Waals surface area contributed by atoms with E-state index < -0.39 is 6.61 Å². The highest BCUT2D eigenvalue weighted by atomic mass is 127. The number of hydrogen-bond acceptors (Lipinski definition) is 4. The van der Waals surface area contributed by atoms with Gasteiger partial charge in [0.2, 0.25) is 0 Å². The van der Waals surface area contributed by atoms with Gasteiger partial charge in [-0.1, -0.05) is 12.1 Å². The van der Waals surface area contributed by atoms with Gasteiger partial charge in [-0.15, -0.1) is 24.0 Å². The second-order valence-electron chi connectivity index (χ2n) is 7.35. The zero-order valence-electron chi connectivity index (χ0n) is 18.2. The number of ether oxygens (including phenoxy) is 2. The van der Waals surface area contributed by atoms with Gasteiger partial charge in [-0.2, -0.15) is 8.78 Å². The number of rotatable bonds is 10. The maximum atomic E-state index is 12.3. The molecule has 1 N–H and O–H groups in total. The lowest BCUT2D eigenvalue weighted by molar-refractivity contribution is -0.0498. The minimum atomic E-state index is -2.80. The standard InChI is InChI=1S/C21H34F2N4O2.HI/c1-4-24-21(25-15-17-9-11-27(12-10-17)13-14-28-3)26(2)16-18-5-7-19(8-6-18)29-20(22)23;/h5-8,17,20H,4,9-16H2,1-3H3,(H,24,25);1H. The third-order valence-corrected chi connectivity index (χ3v) is 5.08. The zero-order chi connectivity index (χ0) is 21.1. The number of nitrogens with zero attached hydrogens (tertiary/aromatic N) is 3. The van der Waals surface area contributed by atoms with Gasteiger partial charge in [-0.3, -0.25) is 4.99 Å². The Hall–Kier alpha value is -1.20. The highest BCUT2D eigenvalue weighted by Gasteiger charge is 2.19. The molecular formula is C21H35F2IN4O2. The van der Waals surface area contributed by atoms with Gasteiger partial charge in [0.25, 0.3) is 0 Å². The summed E-state index contributed by atoms with van der Waals surface area (Å²) in [6.07, 6.45) is 2.31. The SMILES string of the molecule is CCNC(=NCC1CCN(CCOC)CC1)N(C)Cc1ccc(OC(F)F)cc1.I. The zero-order valence-corrected chi connectivity index (χ0v) is 20.5. The van der Waals surface area contributed by atoms with Gasteiger partial charge in [-0.05, 0) is 56.5 Å². The molecule has 9 heteroatoms. The molecule has 0 aliphatic carbocycles. The number of nitrogens with one attached hydrogen (secondary N) is 1. The lowest BCUT2D eigenvalue weighted by Crippen LogP contribution is -2.40. The van der Waals surface area contributed by atoms with Crippen molar-refractivity contribution in [3.8, 4) is 5.75 Å². The topological polar surface area (TPSA) is 49.3 Å². The fourth-order valence-corrected chi connectivity index (χ4v) is 3.42. The molecule has 0 amide bonds. The molecule has 1 fully saturated rings. The third-order valence-electron chi connectivity index (χ3n) is 5.08. The Bertz CT molecular complexity index is 612. The number of benzene rings is 1. The lowest BCUT2D eigenvalue weighted by atomic mass is 9.97. The molecule has 1 aliphatic rings. The summed E-state index contributed by atoms with van der Waals surface area (Å²) in [4.78, 5) is 9.34. The summed E-state index contributed by atoms with van der Waals surface area (Å²) < 4.78 is 34.1. The molecule has 0 bridgehead atoms. The Morgan fingerprint density at radius 1 is 1.27 bits per heavy atom. The molecule has 0 atom stereocenters. The van der Waals surface area contributed by atoms with E-state index in [4.69, 9.17) is 9.73 Å². The van der Waals surface area contributed by atoms with Crippen LogP contribution < -0.4 is 10.1 Å². The van der Waals surface area contributed by atoms with E-state index in [2.05, 4.69) is 19.9 Å². The minimum absolute atomic E-state index is 0. The number of alkyl halides is 2. The van der Waals surface area contributed by atoms with Crippen LogP contribution in [0.4, 0.5) is 8.78 Å². The second kappa shape index (κ2) is 14.7. The summed E-state index contributed by atoms with van der Waals surface area (Å²) >= 11 is 0. The Morgan fingerprint density at radius 2 is 1.93 bits per heavy atom. The van der Waals surface area contributed by atoms with Crippen molar-refractivity contribution in [1.82, 2.24) is 15.1 Å². The van der Waals surface area contributed by atoms with Crippen molar-refractivity contribution in [2.45, 2.75) is 32.9 Å². The van der Waals surface area contributed by atoms with E-state index in [0.717, 1.165) is 63.7 Å². The van der Waals surface area contributed by atoms with Crippen LogP contribution in [0.3, 0.4) is 0 Å². The molecule has 6 nitrogen and oxygen atoms in total. The fourth-order valence-electron chi connectivity index (χ4n) is 3.42. The van der Waals surface area contributed by atoms with E-state index in [0.29, 0.717) is 12.5 Å². The van der Waals surface area contributed by atoms with Gasteiger partial charge in [0.15, 0.2) is 5.96 Å².